The van der Waals surface area contributed by atoms with Crippen LogP contribution in [-0.4, -0.2) is 5.16 Å². The topological polar surface area (TPSA) is 72.2 Å². The first-order chi connectivity index (χ1) is 6.27. The van der Waals surface area contributed by atoms with Crippen LogP contribution in [-0.2, 0) is 6.54 Å². The maximum atomic E-state index is 10.8. The van der Waals surface area contributed by atoms with Gasteiger partial charge in [0.25, 0.3) is 0 Å². The van der Waals surface area contributed by atoms with Crippen molar-refractivity contribution in [3.63, 3.8) is 0 Å². The third-order valence-corrected chi connectivity index (χ3v) is 1.71. The molecule has 5 heteroatoms. The van der Waals surface area contributed by atoms with Crippen molar-refractivity contribution in [3.8, 4) is 0 Å². The highest BCUT2D eigenvalue weighted by atomic mass is 16.5. The Morgan fingerprint density at radius 1 is 1.46 bits per heavy atom. The Bertz CT molecular complexity index is 465. The largest absolute Gasteiger partial charge is 0.377 e. The van der Waals surface area contributed by atoms with Crippen molar-refractivity contribution < 1.29 is 4.52 Å². The van der Waals surface area contributed by atoms with Gasteiger partial charge >= 0.3 is 0 Å². The molecular formula is C8H6N2O3. The first-order valence-corrected chi connectivity index (χ1v) is 3.70. The normalized spacial score (nSPS) is 10.5. The molecule has 0 fully saturated rings. The Morgan fingerprint density at radius 2 is 2.31 bits per heavy atom. The molecule has 66 valence electrons. The Labute approximate surface area is 72.7 Å². The van der Waals surface area contributed by atoms with Gasteiger partial charge in [-0.1, -0.05) is 5.16 Å². The highest BCUT2D eigenvalue weighted by molar-refractivity contribution is 5.47. The molecule has 1 aromatic carbocycles. The lowest BCUT2D eigenvalue weighted by molar-refractivity contribution is 0.419. The van der Waals surface area contributed by atoms with Crippen molar-refractivity contribution in [2.24, 2.45) is 0 Å². The molecule has 1 N–H and O–H groups in total. The smallest absolute Gasteiger partial charge is 0.248 e. The van der Waals surface area contributed by atoms with Crippen molar-refractivity contribution >= 4 is 5.69 Å². The molecule has 0 aliphatic rings. The summed E-state index contributed by atoms with van der Waals surface area (Å²) in [7, 11) is 0. The molecule has 0 aliphatic carbocycles. The zero-order valence-corrected chi connectivity index (χ0v) is 6.61. The molecule has 0 spiro atoms. The van der Waals surface area contributed by atoms with E-state index in [1.807, 2.05) is 0 Å². The molecule has 0 unspecified atom stereocenters. The van der Waals surface area contributed by atoms with Crippen LogP contribution < -0.4 is 16.2 Å². The van der Waals surface area contributed by atoms with E-state index < -0.39 is 10.9 Å². The van der Waals surface area contributed by atoms with E-state index in [-0.39, 0.29) is 0 Å². The maximum absolute atomic E-state index is 10.8. The van der Waals surface area contributed by atoms with Crippen LogP contribution in [0.15, 0.2) is 32.6 Å². The first kappa shape index (κ1) is 7.72. The number of hydrogen-bond donors (Lipinski definition) is 1. The van der Waals surface area contributed by atoms with Crippen molar-refractivity contribution in [1.82, 2.24) is 5.16 Å². The van der Waals surface area contributed by atoms with E-state index in [4.69, 9.17) is 0 Å². The van der Waals surface area contributed by atoms with E-state index in [0.717, 1.165) is 5.56 Å². The van der Waals surface area contributed by atoms with Gasteiger partial charge in [0.15, 0.2) is 0 Å². The summed E-state index contributed by atoms with van der Waals surface area (Å²) in [5, 5.41) is 6.28. The minimum absolute atomic E-state index is 0.353. The molecule has 2 rings (SSSR count). The van der Waals surface area contributed by atoms with E-state index in [9.17, 15) is 9.59 Å². The minimum Gasteiger partial charge on any atom is -0.377 e. The maximum Gasteiger partial charge on any atom is 0.248 e. The molecule has 0 saturated heterocycles. The number of hydrogen-bond acceptors (Lipinski definition) is 5. The van der Waals surface area contributed by atoms with Crippen LogP contribution in [0.1, 0.15) is 5.56 Å². The van der Waals surface area contributed by atoms with Gasteiger partial charge < -0.3 is 9.84 Å². The van der Waals surface area contributed by atoms with Crippen LogP contribution in [0.2, 0.25) is 0 Å². The molecule has 0 saturated carbocycles. The van der Waals surface area contributed by atoms with Crippen LogP contribution in [0, 0.1) is 0 Å². The number of rotatable bonds is 3. The quantitative estimate of drug-likeness (QED) is 0.663. The molecule has 13 heavy (non-hydrogen) atoms. The van der Waals surface area contributed by atoms with Crippen molar-refractivity contribution in [2.75, 3.05) is 5.32 Å². The van der Waals surface area contributed by atoms with Gasteiger partial charge in [-0.3, -0.25) is 9.59 Å². The average molecular weight is 178 g/mol. The highest BCUT2D eigenvalue weighted by Crippen LogP contribution is 2.01. The van der Waals surface area contributed by atoms with Crippen LogP contribution in [0.25, 0.3) is 0 Å². The average Bonchev–Trinajstić information content (AvgIpc) is 2.64. The van der Waals surface area contributed by atoms with Crippen molar-refractivity contribution in [2.45, 2.75) is 6.54 Å². The summed E-state index contributed by atoms with van der Waals surface area (Å²) in [5.74, 6) is 0. The summed E-state index contributed by atoms with van der Waals surface area (Å²) in [6, 6.07) is 1.27. The summed E-state index contributed by atoms with van der Waals surface area (Å²) in [6.45, 7) is 0.439. The molecule has 0 aliphatic heterocycles. The number of nitrogens with zero attached hydrogens (tertiary/aromatic N) is 1. The lowest BCUT2D eigenvalue weighted by atomic mass is 10.2. The van der Waals surface area contributed by atoms with Crippen LogP contribution in [0.5, 0.6) is 0 Å². The predicted molar refractivity (Wildman–Crippen MR) is 45.2 cm³/mol. The fourth-order valence-electron chi connectivity index (χ4n) is 0.960. The van der Waals surface area contributed by atoms with Crippen LogP contribution in [0.4, 0.5) is 5.69 Å². The van der Waals surface area contributed by atoms with Crippen LogP contribution in [0.3, 0.4) is 0 Å². The summed E-state index contributed by atoms with van der Waals surface area (Å²) in [5.41, 5.74) is 0.267. The van der Waals surface area contributed by atoms with Gasteiger partial charge in [0.05, 0.1) is 11.9 Å². The second-order valence-electron chi connectivity index (χ2n) is 2.64. The van der Waals surface area contributed by atoms with Gasteiger partial charge in [-0.15, -0.1) is 0 Å². The third kappa shape index (κ3) is 1.35. The van der Waals surface area contributed by atoms with Crippen molar-refractivity contribution in [3.05, 3.63) is 44.5 Å². The predicted octanol–water partition coefficient (Wildman–Crippen LogP) is -0.117. The summed E-state index contributed by atoms with van der Waals surface area (Å²) >= 11 is 0. The lowest BCUT2D eigenvalue weighted by Crippen LogP contribution is -2.32. The van der Waals surface area contributed by atoms with E-state index in [1.165, 1.54) is 12.3 Å². The lowest BCUT2D eigenvalue weighted by Gasteiger charge is -2.02. The van der Waals surface area contributed by atoms with E-state index in [0.29, 0.717) is 12.2 Å². The van der Waals surface area contributed by atoms with Crippen molar-refractivity contribution in [1.29, 1.82) is 0 Å². The Morgan fingerprint density at radius 3 is 2.85 bits per heavy atom. The van der Waals surface area contributed by atoms with Gasteiger partial charge in [-0.05, 0) is 0 Å². The fraction of sp³-hybridized carbons (Fsp3) is 0.125. The van der Waals surface area contributed by atoms with E-state index >= 15 is 0 Å². The fourth-order valence-corrected chi connectivity index (χ4v) is 0.960. The summed E-state index contributed by atoms with van der Waals surface area (Å²) < 4.78 is 4.59. The second kappa shape index (κ2) is 2.85. The van der Waals surface area contributed by atoms with Gasteiger partial charge in [-0.25, -0.2) is 0 Å². The Hall–Kier alpha value is -1.91. The third-order valence-electron chi connectivity index (χ3n) is 1.71. The number of aromatic nitrogens is 1. The minimum atomic E-state index is -0.462. The summed E-state index contributed by atoms with van der Waals surface area (Å²) in [4.78, 5) is 21.3. The van der Waals surface area contributed by atoms with Gasteiger partial charge in [0.2, 0.25) is 10.9 Å². The number of anilines is 1. The second-order valence-corrected chi connectivity index (χ2v) is 2.64. The van der Waals surface area contributed by atoms with Gasteiger partial charge in [-0.2, -0.15) is 0 Å². The Kier molecular flexibility index (Phi) is 1.70. The van der Waals surface area contributed by atoms with E-state index in [1.54, 1.807) is 6.20 Å². The monoisotopic (exact) mass is 178 g/mol. The SMILES string of the molecule is O=c1cc(NCc2cnoc2)c1=O. The molecule has 0 amide bonds. The molecule has 0 radical (unpaired) electrons. The number of nitrogens with one attached hydrogen (secondary N) is 1. The molecule has 1 heterocycles. The highest BCUT2D eigenvalue weighted by Gasteiger charge is 2.08. The first-order valence-electron chi connectivity index (χ1n) is 3.70. The molecule has 0 atom stereocenters. The van der Waals surface area contributed by atoms with Gasteiger partial charge in [0.1, 0.15) is 6.26 Å². The van der Waals surface area contributed by atoms with Crippen LogP contribution >= 0.6 is 0 Å². The molecule has 5 nitrogen and oxygen atoms in total. The Balaban J connectivity index is 1.99. The molecular weight excluding hydrogens is 172 g/mol. The standard InChI is InChI=1S/C8H6N2O3/c11-7-1-6(8(7)12)9-2-5-3-10-13-4-5/h1,3-4,9H,2H2. The summed E-state index contributed by atoms with van der Waals surface area (Å²) in [6.07, 6.45) is 3.01. The molecule has 2 aromatic rings. The van der Waals surface area contributed by atoms with Gasteiger partial charge in [0, 0.05) is 18.2 Å². The zero-order chi connectivity index (χ0) is 9.26. The van der Waals surface area contributed by atoms with E-state index in [2.05, 4.69) is 15.0 Å². The zero-order valence-electron chi connectivity index (χ0n) is 6.61. The molecule has 0 bridgehead atoms. The molecule has 1 aromatic heterocycles.